The van der Waals surface area contributed by atoms with E-state index in [4.69, 9.17) is 9.47 Å². The van der Waals surface area contributed by atoms with Crippen molar-refractivity contribution >= 4 is 33.1 Å². The molecule has 2 N–H and O–H groups in total. The van der Waals surface area contributed by atoms with E-state index in [1.165, 1.54) is 0 Å². The number of carbonyl (C=O) groups is 1. The van der Waals surface area contributed by atoms with Gasteiger partial charge in [-0.05, 0) is 89.6 Å². The summed E-state index contributed by atoms with van der Waals surface area (Å²) in [7, 11) is 1.65. The van der Waals surface area contributed by atoms with E-state index in [0.29, 0.717) is 6.42 Å². The molecule has 0 saturated carbocycles. The number of ketones is 1. The molecule has 3 aromatic carbocycles. The molecule has 2 atom stereocenters. The van der Waals surface area contributed by atoms with Gasteiger partial charge in [0.1, 0.15) is 11.5 Å². The highest BCUT2D eigenvalue weighted by molar-refractivity contribution is 9.10. The molecule has 2 unspecified atom stereocenters. The van der Waals surface area contributed by atoms with Crippen molar-refractivity contribution in [2.24, 2.45) is 0 Å². The number of halogens is 1. The van der Waals surface area contributed by atoms with Crippen molar-refractivity contribution in [1.82, 2.24) is 0 Å². The Morgan fingerprint density at radius 3 is 2.34 bits per heavy atom. The summed E-state index contributed by atoms with van der Waals surface area (Å²) in [6, 6.07) is 22.0. The minimum Gasteiger partial charge on any atom is -0.496 e. The molecule has 0 amide bonds. The van der Waals surface area contributed by atoms with Crippen LogP contribution in [0.3, 0.4) is 0 Å². The van der Waals surface area contributed by atoms with Gasteiger partial charge in [0.25, 0.3) is 0 Å². The second-order valence-electron chi connectivity index (χ2n) is 9.30. The Labute approximate surface area is 214 Å². The fraction of sp³-hybridized carbons (Fsp3) is 0.276. The third-order valence-corrected chi connectivity index (χ3v) is 7.16. The molecule has 2 aliphatic rings. The molecule has 0 saturated heterocycles. The number of fused-ring (bicyclic) bond motifs is 1. The average molecular weight is 533 g/mol. The Bertz CT molecular complexity index is 1280. The first-order valence-corrected chi connectivity index (χ1v) is 12.7. The van der Waals surface area contributed by atoms with Crippen molar-refractivity contribution in [3.8, 4) is 11.5 Å². The van der Waals surface area contributed by atoms with E-state index in [1.807, 2.05) is 68.4 Å². The van der Waals surface area contributed by atoms with Crippen molar-refractivity contribution in [2.45, 2.75) is 44.8 Å². The van der Waals surface area contributed by atoms with Crippen molar-refractivity contribution in [1.29, 1.82) is 0 Å². The van der Waals surface area contributed by atoms with Gasteiger partial charge in [-0.15, -0.1) is 0 Å². The maximum absolute atomic E-state index is 13.7. The summed E-state index contributed by atoms with van der Waals surface area (Å²) in [6.45, 7) is 4.03. The molecule has 0 aromatic heterocycles. The van der Waals surface area contributed by atoms with Gasteiger partial charge in [0.2, 0.25) is 0 Å². The number of anilines is 2. The number of benzene rings is 3. The standard InChI is InChI=1S/C29H29BrN2O3/c1-17(2)35-21-11-8-18(9-12-21)20-15-25-28(26(33)16-20)29(19-10-13-27(34-3)22(30)14-19)32-24-7-5-4-6-23(24)31-25/h4-14,17,20,29,31-32H,15-16H2,1-3H3. The monoisotopic (exact) mass is 532 g/mol. The number of nitrogens with one attached hydrogen (secondary N) is 2. The average Bonchev–Trinajstić information content (AvgIpc) is 3.01. The molecular weight excluding hydrogens is 504 g/mol. The molecule has 180 valence electrons. The third-order valence-electron chi connectivity index (χ3n) is 6.54. The summed E-state index contributed by atoms with van der Waals surface area (Å²) >= 11 is 3.61. The van der Waals surface area contributed by atoms with Gasteiger partial charge in [-0.25, -0.2) is 0 Å². The summed E-state index contributed by atoms with van der Waals surface area (Å²) in [6.07, 6.45) is 1.36. The van der Waals surface area contributed by atoms with E-state index in [0.717, 1.165) is 56.2 Å². The van der Waals surface area contributed by atoms with Gasteiger partial charge in [-0.2, -0.15) is 0 Å². The van der Waals surface area contributed by atoms with E-state index in [-0.39, 0.29) is 23.8 Å². The van der Waals surface area contributed by atoms with Crippen molar-refractivity contribution < 1.29 is 14.3 Å². The number of hydrogen-bond acceptors (Lipinski definition) is 5. The molecule has 3 aromatic rings. The van der Waals surface area contributed by atoms with Crippen LogP contribution in [0.2, 0.25) is 0 Å². The molecule has 5 nitrogen and oxygen atoms in total. The van der Waals surface area contributed by atoms with E-state index >= 15 is 0 Å². The predicted octanol–water partition coefficient (Wildman–Crippen LogP) is 7.22. The first kappa shape index (κ1) is 23.5. The summed E-state index contributed by atoms with van der Waals surface area (Å²) in [5, 5.41) is 7.23. The maximum atomic E-state index is 13.7. The fourth-order valence-corrected chi connectivity index (χ4v) is 5.49. The van der Waals surface area contributed by atoms with E-state index in [1.54, 1.807) is 7.11 Å². The zero-order chi connectivity index (χ0) is 24.5. The Balaban J connectivity index is 1.53. The number of para-hydroxylation sites is 2. The van der Waals surface area contributed by atoms with Crippen molar-refractivity contribution in [2.75, 3.05) is 17.7 Å². The predicted molar refractivity (Wildman–Crippen MR) is 143 cm³/mol. The third kappa shape index (κ3) is 4.80. The molecule has 0 bridgehead atoms. The molecule has 1 aliphatic carbocycles. The van der Waals surface area contributed by atoms with Crippen LogP contribution >= 0.6 is 15.9 Å². The summed E-state index contributed by atoms with van der Waals surface area (Å²) in [4.78, 5) is 13.7. The maximum Gasteiger partial charge on any atom is 0.163 e. The lowest BCUT2D eigenvalue weighted by Crippen LogP contribution is -2.26. The lowest BCUT2D eigenvalue weighted by molar-refractivity contribution is -0.116. The summed E-state index contributed by atoms with van der Waals surface area (Å²) in [5.74, 6) is 1.87. The first-order valence-electron chi connectivity index (χ1n) is 11.9. The van der Waals surface area contributed by atoms with Crippen LogP contribution in [0.4, 0.5) is 11.4 Å². The normalized spacial score (nSPS) is 19.3. The van der Waals surface area contributed by atoms with Gasteiger partial charge in [-0.3, -0.25) is 4.79 Å². The highest BCUT2D eigenvalue weighted by Crippen LogP contribution is 2.45. The second kappa shape index (κ2) is 9.78. The van der Waals surface area contributed by atoms with Gasteiger partial charge >= 0.3 is 0 Å². The number of hydrogen-bond donors (Lipinski definition) is 2. The molecule has 5 rings (SSSR count). The van der Waals surface area contributed by atoms with Crippen LogP contribution in [0, 0.1) is 0 Å². The quantitative estimate of drug-likeness (QED) is 0.363. The summed E-state index contributed by atoms with van der Waals surface area (Å²) < 4.78 is 12.1. The molecule has 0 radical (unpaired) electrons. The summed E-state index contributed by atoms with van der Waals surface area (Å²) in [5.41, 5.74) is 5.88. The number of methoxy groups -OCH3 is 1. The SMILES string of the molecule is COc1ccc(C2Nc3ccccc3NC3=C2C(=O)CC(c2ccc(OC(C)C)cc2)C3)cc1Br. The fourth-order valence-electron chi connectivity index (χ4n) is 4.93. The minimum absolute atomic E-state index is 0.107. The largest absolute Gasteiger partial charge is 0.496 e. The van der Waals surface area contributed by atoms with E-state index in [2.05, 4.69) is 38.7 Å². The van der Waals surface area contributed by atoms with Gasteiger partial charge in [0.15, 0.2) is 5.78 Å². The lowest BCUT2D eigenvalue weighted by Gasteiger charge is -2.30. The van der Waals surface area contributed by atoms with Gasteiger partial charge < -0.3 is 20.1 Å². The zero-order valence-corrected chi connectivity index (χ0v) is 21.7. The molecule has 35 heavy (non-hydrogen) atoms. The van der Waals surface area contributed by atoms with Crippen LogP contribution in [0.1, 0.15) is 49.8 Å². The van der Waals surface area contributed by atoms with Crippen LogP contribution in [0.25, 0.3) is 0 Å². The van der Waals surface area contributed by atoms with Gasteiger partial charge in [0.05, 0.1) is 35.1 Å². The Morgan fingerprint density at radius 2 is 1.66 bits per heavy atom. The zero-order valence-electron chi connectivity index (χ0n) is 20.1. The van der Waals surface area contributed by atoms with Gasteiger partial charge in [-0.1, -0.05) is 30.3 Å². The minimum atomic E-state index is -0.265. The van der Waals surface area contributed by atoms with Crippen molar-refractivity contribution in [3.63, 3.8) is 0 Å². The number of rotatable bonds is 5. The van der Waals surface area contributed by atoms with Crippen LogP contribution in [-0.4, -0.2) is 19.0 Å². The smallest absolute Gasteiger partial charge is 0.163 e. The second-order valence-corrected chi connectivity index (χ2v) is 10.2. The lowest BCUT2D eigenvalue weighted by atomic mass is 9.78. The number of Topliss-reactive ketones (excluding diaryl/α,β-unsaturated/α-hetero) is 1. The Hall–Kier alpha value is -3.25. The molecule has 0 spiro atoms. The molecule has 6 heteroatoms. The van der Waals surface area contributed by atoms with Crippen molar-refractivity contribution in [3.05, 3.63) is 93.6 Å². The molecule has 1 aliphatic heterocycles. The molecule has 0 fully saturated rings. The molecular formula is C29H29BrN2O3. The Morgan fingerprint density at radius 1 is 0.943 bits per heavy atom. The molecule has 1 heterocycles. The van der Waals surface area contributed by atoms with Gasteiger partial charge in [0, 0.05) is 17.7 Å². The van der Waals surface area contributed by atoms with E-state index < -0.39 is 0 Å². The number of ether oxygens (including phenoxy) is 2. The van der Waals surface area contributed by atoms with Crippen LogP contribution < -0.4 is 20.1 Å². The highest BCUT2D eigenvalue weighted by Gasteiger charge is 2.36. The first-order chi connectivity index (χ1) is 16.9. The van der Waals surface area contributed by atoms with Crippen LogP contribution in [-0.2, 0) is 4.79 Å². The number of allylic oxidation sites excluding steroid dienone is 1. The number of carbonyl (C=O) groups excluding carboxylic acids is 1. The highest BCUT2D eigenvalue weighted by atomic mass is 79.9. The van der Waals surface area contributed by atoms with E-state index in [9.17, 15) is 4.79 Å². The van der Waals surface area contributed by atoms with Crippen LogP contribution in [0.5, 0.6) is 11.5 Å². The Kier molecular flexibility index (Phi) is 6.56. The topological polar surface area (TPSA) is 59.6 Å². The van der Waals surface area contributed by atoms with Crippen LogP contribution in [0.15, 0.2) is 82.5 Å².